The van der Waals surface area contributed by atoms with Crippen LogP contribution in [0.25, 0.3) is 0 Å². The Balaban J connectivity index is 3.35. The molecule has 1 rings (SSSR count). The minimum atomic E-state index is 0.0216. The highest BCUT2D eigenvalue weighted by Gasteiger charge is 2.18. The van der Waals surface area contributed by atoms with Crippen LogP contribution in [0.4, 0.5) is 0 Å². The Bertz CT molecular complexity index is 350. The second-order valence-corrected chi connectivity index (χ2v) is 4.24. The Kier molecular flexibility index (Phi) is 2.43. The van der Waals surface area contributed by atoms with Gasteiger partial charge in [0, 0.05) is 16.7 Å². The highest BCUT2D eigenvalue weighted by Crippen LogP contribution is 2.23. The monoisotopic (exact) mass is 173 g/mol. The quantitative estimate of drug-likeness (QED) is 0.550. The van der Waals surface area contributed by atoms with Crippen molar-refractivity contribution in [2.75, 3.05) is 0 Å². The van der Waals surface area contributed by atoms with Gasteiger partial charge in [0.2, 0.25) is 0 Å². The first kappa shape index (κ1) is 9.80. The predicted molar refractivity (Wildman–Crippen MR) is 55.6 cm³/mol. The van der Waals surface area contributed by atoms with Gasteiger partial charge >= 0.3 is 0 Å². The van der Waals surface area contributed by atoms with E-state index in [9.17, 15) is 0 Å². The predicted octanol–water partition coefficient (Wildman–Crippen LogP) is 2.67. The molecule has 0 saturated heterocycles. The molecular formula is C12H15N. The number of hydrogen-bond acceptors (Lipinski definition) is 1. The fourth-order valence-corrected chi connectivity index (χ4v) is 1.24. The van der Waals surface area contributed by atoms with E-state index in [0.29, 0.717) is 0 Å². The highest BCUT2D eigenvalue weighted by molar-refractivity contribution is 5.40. The number of aromatic nitrogens is 1. The van der Waals surface area contributed by atoms with Crippen LogP contribution in [-0.4, -0.2) is 4.98 Å². The standard InChI is InChI=1S/C12H15N/c1-6-10-8-7-9(2)13-11(10)12(3,4)5/h1,7-8H,2-5H3. The van der Waals surface area contributed by atoms with Crippen molar-refractivity contribution in [1.82, 2.24) is 4.98 Å². The lowest BCUT2D eigenvalue weighted by Gasteiger charge is -2.19. The van der Waals surface area contributed by atoms with Gasteiger partial charge in [0.1, 0.15) is 0 Å². The van der Waals surface area contributed by atoms with Crippen molar-refractivity contribution in [3.05, 3.63) is 29.1 Å². The lowest BCUT2D eigenvalue weighted by molar-refractivity contribution is 0.565. The molecule has 0 aromatic carbocycles. The third kappa shape index (κ3) is 2.09. The van der Waals surface area contributed by atoms with Crippen molar-refractivity contribution in [2.45, 2.75) is 33.1 Å². The molecule has 0 atom stereocenters. The maximum absolute atomic E-state index is 5.41. The summed E-state index contributed by atoms with van der Waals surface area (Å²) in [7, 11) is 0. The van der Waals surface area contributed by atoms with Gasteiger partial charge in [-0.2, -0.15) is 0 Å². The maximum Gasteiger partial charge on any atom is 0.0616 e. The lowest BCUT2D eigenvalue weighted by atomic mass is 9.88. The van der Waals surface area contributed by atoms with Gasteiger partial charge in [-0.25, -0.2) is 0 Å². The van der Waals surface area contributed by atoms with Crippen molar-refractivity contribution in [3.8, 4) is 12.3 Å². The summed E-state index contributed by atoms with van der Waals surface area (Å²) >= 11 is 0. The summed E-state index contributed by atoms with van der Waals surface area (Å²) < 4.78 is 0. The van der Waals surface area contributed by atoms with Gasteiger partial charge in [-0.1, -0.05) is 26.7 Å². The Labute approximate surface area is 80.2 Å². The molecule has 0 amide bonds. The molecule has 0 saturated carbocycles. The number of hydrogen-bond donors (Lipinski definition) is 0. The fraction of sp³-hybridized carbons (Fsp3) is 0.417. The molecule has 0 unspecified atom stereocenters. The van der Waals surface area contributed by atoms with Gasteiger partial charge in [-0.3, -0.25) is 4.98 Å². The second kappa shape index (κ2) is 3.22. The summed E-state index contributed by atoms with van der Waals surface area (Å²) in [6, 6.07) is 3.91. The van der Waals surface area contributed by atoms with E-state index in [4.69, 9.17) is 6.42 Å². The molecule has 1 nitrogen and oxygen atoms in total. The van der Waals surface area contributed by atoms with Crippen LogP contribution in [-0.2, 0) is 5.41 Å². The van der Waals surface area contributed by atoms with E-state index in [0.717, 1.165) is 17.0 Å². The van der Waals surface area contributed by atoms with E-state index in [1.807, 2.05) is 19.1 Å². The molecule has 0 spiro atoms. The highest BCUT2D eigenvalue weighted by atomic mass is 14.7. The number of terminal acetylenes is 1. The Morgan fingerprint density at radius 1 is 1.31 bits per heavy atom. The van der Waals surface area contributed by atoms with Crippen LogP contribution in [0.2, 0.25) is 0 Å². The molecule has 0 aliphatic heterocycles. The topological polar surface area (TPSA) is 12.9 Å². The van der Waals surface area contributed by atoms with Crippen molar-refractivity contribution < 1.29 is 0 Å². The van der Waals surface area contributed by atoms with Crippen molar-refractivity contribution >= 4 is 0 Å². The summed E-state index contributed by atoms with van der Waals surface area (Å²) in [5.41, 5.74) is 2.95. The molecule has 1 aromatic heterocycles. The first-order valence-electron chi connectivity index (χ1n) is 4.40. The van der Waals surface area contributed by atoms with E-state index >= 15 is 0 Å². The largest absolute Gasteiger partial charge is 0.256 e. The van der Waals surface area contributed by atoms with Crippen LogP contribution in [0.5, 0.6) is 0 Å². The van der Waals surface area contributed by atoms with Crippen LogP contribution >= 0.6 is 0 Å². The number of rotatable bonds is 0. The number of aryl methyl sites for hydroxylation is 1. The normalized spacial score (nSPS) is 11.0. The van der Waals surface area contributed by atoms with Gasteiger partial charge in [0.05, 0.1) is 5.69 Å². The first-order chi connectivity index (χ1) is 5.95. The molecule has 1 aromatic rings. The summed E-state index contributed by atoms with van der Waals surface area (Å²) in [6.07, 6.45) is 5.41. The van der Waals surface area contributed by atoms with Crippen molar-refractivity contribution in [2.24, 2.45) is 0 Å². The molecule has 0 bridgehead atoms. The molecule has 0 N–H and O–H groups in total. The molecule has 1 heteroatoms. The van der Waals surface area contributed by atoms with Gasteiger partial charge in [0.15, 0.2) is 0 Å². The Morgan fingerprint density at radius 2 is 1.92 bits per heavy atom. The number of nitrogens with zero attached hydrogens (tertiary/aromatic N) is 1. The molecule has 13 heavy (non-hydrogen) atoms. The third-order valence-corrected chi connectivity index (χ3v) is 1.90. The fourth-order valence-electron chi connectivity index (χ4n) is 1.24. The van der Waals surface area contributed by atoms with Crippen LogP contribution in [0.15, 0.2) is 12.1 Å². The summed E-state index contributed by atoms with van der Waals surface area (Å²) in [5, 5.41) is 0. The maximum atomic E-state index is 5.41. The van der Waals surface area contributed by atoms with Crippen LogP contribution in [0.1, 0.15) is 37.7 Å². The third-order valence-electron chi connectivity index (χ3n) is 1.90. The zero-order valence-corrected chi connectivity index (χ0v) is 8.68. The van der Waals surface area contributed by atoms with Gasteiger partial charge in [0.25, 0.3) is 0 Å². The van der Waals surface area contributed by atoms with E-state index in [1.54, 1.807) is 0 Å². The molecule has 0 radical (unpaired) electrons. The average Bonchev–Trinajstić information content (AvgIpc) is 2.03. The van der Waals surface area contributed by atoms with E-state index < -0.39 is 0 Å². The first-order valence-corrected chi connectivity index (χ1v) is 4.40. The Morgan fingerprint density at radius 3 is 2.38 bits per heavy atom. The lowest BCUT2D eigenvalue weighted by Crippen LogP contribution is -2.16. The zero-order valence-electron chi connectivity index (χ0n) is 8.68. The molecule has 1 heterocycles. The summed E-state index contributed by atoms with van der Waals surface area (Å²) in [4.78, 5) is 4.47. The van der Waals surface area contributed by atoms with Gasteiger partial charge in [-0.15, -0.1) is 6.42 Å². The van der Waals surface area contributed by atoms with Crippen LogP contribution < -0.4 is 0 Å². The molecule has 0 aliphatic rings. The van der Waals surface area contributed by atoms with E-state index in [-0.39, 0.29) is 5.41 Å². The minimum absolute atomic E-state index is 0.0216. The van der Waals surface area contributed by atoms with E-state index in [1.165, 1.54) is 0 Å². The second-order valence-electron chi connectivity index (χ2n) is 4.24. The minimum Gasteiger partial charge on any atom is -0.256 e. The molecular weight excluding hydrogens is 158 g/mol. The smallest absolute Gasteiger partial charge is 0.0616 e. The van der Waals surface area contributed by atoms with Gasteiger partial charge < -0.3 is 0 Å². The summed E-state index contributed by atoms with van der Waals surface area (Å²) in [5.74, 6) is 2.67. The molecule has 0 aliphatic carbocycles. The molecule has 68 valence electrons. The van der Waals surface area contributed by atoms with Crippen molar-refractivity contribution in [1.29, 1.82) is 0 Å². The SMILES string of the molecule is C#Cc1ccc(C)nc1C(C)(C)C. The van der Waals surface area contributed by atoms with E-state index in [2.05, 4.69) is 31.7 Å². The number of pyridine rings is 1. The Hall–Kier alpha value is -1.29. The van der Waals surface area contributed by atoms with Crippen LogP contribution in [0.3, 0.4) is 0 Å². The average molecular weight is 173 g/mol. The zero-order chi connectivity index (χ0) is 10.1. The molecule has 0 fully saturated rings. The van der Waals surface area contributed by atoms with Crippen LogP contribution in [0, 0.1) is 19.3 Å². The summed E-state index contributed by atoms with van der Waals surface area (Å²) in [6.45, 7) is 8.34. The van der Waals surface area contributed by atoms with Crippen molar-refractivity contribution in [3.63, 3.8) is 0 Å². The van der Waals surface area contributed by atoms with Gasteiger partial charge in [-0.05, 0) is 19.1 Å².